The van der Waals surface area contributed by atoms with Crippen LogP contribution in [0, 0.1) is 0 Å². The molecule has 6 nitrogen and oxygen atoms in total. The molecule has 1 amide bonds. The molecule has 2 aromatic rings. The zero-order chi connectivity index (χ0) is 18.1. The summed E-state index contributed by atoms with van der Waals surface area (Å²) in [5.74, 6) is -0.295. The van der Waals surface area contributed by atoms with Gasteiger partial charge in [0.25, 0.3) is 11.5 Å². The van der Waals surface area contributed by atoms with E-state index in [9.17, 15) is 9.59 Å². The molecule has 0 radical (unpaired) electrons. The van der Waals surface area contributed by atoms with E-state index in [1.54, 1.807) is 25.4 Å². The summed E-state index contributed by atoms with van der Waals surface area (Å²) in [7, 11) is 1.65. The average molecular weight is 353 g/mol. The van der Waals surface area contributed by atoms with E-state index in [0.29, 0.717) is 12.6 Å². The minimum absolute atomic E-state index is 0.0375. The molecule has 0 saturated carbocycles. The van der Waals surface area contributed by atoms with Crippen molar-refractivity contribution in [3.63, 3.8) is 0 Å². The summed E-state index contributed by atoms with van der Waals surface area (Å²) in [6, 6.07) is 13.9. The highest BCUT2D eigenvalue weighted by molar-refractivity contribution is 5.94. The lowest BCUT2D eigenvalue weighted by Gasteiger charge is -2.35. The summed E-state index contributed by atoms with van der Waals surface area (Å²) in [6.45, 7) is 2.28. The van der Waals surface area contributed by atoms with E-state index in [0.717, 1.165) is 19.5 Å². The molecule has 2 aliphatic heterocycles. The van der Waals surface area contributed by atoms with Crippen LogP contribution in [-0.4, -0.2) is 47.2 Å². The number of ether oxygens (including phenoxy) is 1. The molecule has 4 rings (SSSR count). The van der Waals surface area contributed by atoms with Gasteiger partial charge in [0.2, 0.25) is 0 Å². The third-order valence-corrected chi connectivity index (χ3v) is 5.29. The first-order chi connectivity index (χ1) is 12.6. The Morgan fingerprint density at radius 3 is 2.77 bits per heavy atom. The van der Waals surface area contributed by atoms with Crippen LogP contribution in [0.3, 0.4) is 0 Å². The third-order valence-electron chi connectivity index (χ3n) is 5.29. The first kappa shape index (κ1) is 17.0. The van der Waals surface area contributed by atoms with Gasteiger partial charge in [-0.25, -0.2) is 0 Å². The molecule has 6 heteroatoms. The van der Waals surface area contributed by atoms with Crippen molar-refractivity contribution in [1.29, 1.82) is 0 Å². The number of carbonyl (C=O) groups excluding carboxylic acids is 1. The Kier molecular flexibility index (Phi) is 4.61. The fourth-order valence-electron chi connectivity index (χ4n) is 3.88. The number of nitrogens with zero attached hydrogens (tertiary/aromatic N) is 2. The number of hydrogen-bond donors (Lipinski definition) is 1. The van der Waals surface area contributed by atoms with E-state index >= 15 is 0 Å². The molecule has 0 bridgehead atoms. The van der Waals surface area contributed by atoms with E-state index < -0.39 is 0 Å². The van der Waals surface area contributed by atoms with Crippen LogP contribution in [0.4, 0.5) is 0 Å². The number of pyridine rings is 1. The molecule has 136 valence electrons. The van der Waals surface area contributed by atoms with Crippen molar-refractivity contribution >= 4 is 5.91 Å². The summed E-state index contributed by atoms with van der Waals surface area (Å²) < 4.78 is 7.46. The third kappa shape index (κ3) is 3.30. The molecule has 1 aromatic heterocycles. The van der Waals surface area contributed by atoms with Crippen molar-refractivity contribution in [1.82, 2.24) is 14.8 Å². The van der Waals surface area contributed by atoms with Crippen LogP contribution in [0.5, 0.6) is 0 Å². The van der Waals surface area contributed by atoms with Crippen molar-refractivity contribution in [2.45, 2.75) is 24.6 Å². The molecule has 1 N–H and O–H groups in total. The standard InChI is InChI=1S/C20H23N3O3/c1-22-9-5-8-17(20(22)25)19(24)21-15-10-16-13-26-18(12-23(16)11-15)14-6-3-2-4-7-14/h2-9,15-16,18H,10-13H2,1H3,(H,21,24)/t15-,16+,18-/m1/s1. The minimum Gasteiger partial charge on any atom is -0.371 e. The number of fused-ring (bicyclic) bond motifs is 1. The Morgan fingerprint density at radius 2 is 1.96 bits per heavy atom. The zero-order valence-electron chi connectivity index (χ0n) is 14.8. The number of nitrogens with one attached hydrogen (secondary N) is 1. The number of morpholine rings is 1. The van der Waals surface area contributed by atoms with Crippen LogP contribution >= 0.6 is 0 Å². The van der Waals surface area contributed by atoms with Crippen LogP contribution in [0.2, 0.25) is 0 Å². The lowest BCUT2D eigenvalue weighted by atomic mass is 10.1. The predicted octanol–water partition coefficient (Wildman–Crippen LogP) is 1.33. The quantitative estimate of drug-likeness (QED) is 0.904. The molecule has 3 heterocycles. The highest BCUT2D eigenvalue weighted by Crippen LogP contribution is 2.30. The smallest absolute Gasteiger partial charge is 0.263 e. The number of hydrogen-bond acceptors (Lipinski definition) is 4. The van der Waals surface area contributed by atoms with E-state index in [2.05, 4.69) is 22.3 Å². The van der Waals surface area contributed by atoms with Gasteiger partial charge in [-0.1, -0.05) is 30.3 Å². The SMILES string of the molecule is Cn1cccc(C(=O)N[C@@H]2C[C@H]3CO[C@@H](c4ccccc4)CN3C2)c1=O. The highest BCUT2D eigenvalue weighted by atomic mass is 16.5. The maximum Gasteiger partial charge on any atom is 0.263 e. The Balaban J connectivity index is 1.40. The van der Waals surface area contributed by atoms with Gasteiger partial charge >= 0.3 is 0 Å². The molecular weight excluding hydrogens is 330 g/mol. The summed E-state index contributed by atoms with van der Waals surface area (Å²) in [4.78, 5) is 27.0. The van der Waals surface area contributed by atoms with E-state index in [1.165, 1.54) is 10.1 Å². The van der Waals surface area contributed by atoms with Crippen molar-refractivity contribution < 1.29 is 9.53 Å². The molecular formula is C20H23N3O3. The number of aryl methyl sites for hydroxylation is 1. The molecule has 0 unspecified atom stereocenters. The van der Waals surface area contributed by atoms with Crippen molar-refractivity contribution in [3.05, 3.63) is 70.1 Å². The summed E-state index contributed by atoms with van der Waals surface area (Å²) in [6.07, 6.45) is 2.57. The van der Waals surface area contributed by atoms with Gasteiger partial charge in [0.15, 0.2) is 0 Å². The Hall–Kier alpha value is -2.44. The van der Waals surface area contributed by atoms with Crippen molar-refractivity contribution in [2.75, 3.05) is 19.7 Å². The minimum atomic E-state index is -0.295. The van der Waals surface area contributed by atoms with Crippen LogP contribution in [0.25, 0.3) is 0 Å². The molecule has 2 aliphatic rings. The van der Waals surface area contributed by atoms with E-state index in [4.69, 9.17) is 4.74 Å². The normalized spacial score (nSPS) is 25.7. The molecule has 1 aromatic carbocycles. The van der Waals surface area contributed by atoms with Gasteiger partial charge in [-0.05, 0) is 24.1 Å². The summed E-state index contributed by atoms with van der Waals surface area (Å²) >= 11 is 0. The van der Waals surface area contributed by atoms with Crippen LogP contribution in [-0.2, 0) is 11.8 Å². The van der Waals surface area contributed by atoms with E-state index in [1.807, 2.05) is 18.2 Å². The highest BCUT2D eigenvalue weighted by Gasteiger charge is 2.38. The number of benzene rings is 1. The maximum absolute atomic E-state index is 12.5. The summed E-state index contributed by atoms with van der Waals surface area (Å²) in [5, 5.41) is 3.02. The van der Waals surface area contributed by atoms with Crippen molar-refractivity contribution in [3.8, 4) is 0 Å². The van der Waals surface area contributed by atoms with Gasteiger partial charge in [-0.2, -0.15) is 0 Å². The van der Waals surface area contributed by atoms with Crippen LogP contribution in [0.15, 0.2) is 53.5 Å². The number of carbonyl (C=O) groups is 1. The molecule has 3 atom stereocenters. The molecule has 0 aliphatic carbocycles. The number of amides is 1. The topological polar surface area (TPSA) is 63.6 Å². The number of aromatic nitrogens is 1. The fourth-order valence-corrected chi connectivity index (χ4v) is 3.88. The van der Waals surface area contributed by atoms with Gasteiger partial charge in [-0.15, -0.1) is 0 Å². The molecule has 26 heavy (non-hydrogen) atoms. The van der Waals surface area contributed by atoms with Crippen molar-refractivity contribution in [2.24, 2.45) is 7.05 Å². The van der Waals surface area contributed by atoms with Crippen LogP contribution in [0.1, 0.15) is 28.4 Å². The second kappa shape index (κ2) is 7.05. The van der Waals surface area contributed by atoms with Gasteiger partial charge < -0.3 is 14.6 Å². The lowest BCUT2D eigenvalue weighted by Crippen LogP contribution is -2.43. The lowest BCUT2D eigenvalue weighted by molar-refractivity contribution is -0.0502. The Bertz CT molecular complexity index is 849. The second-order valence-electron chi connectivity index (χ2n) is 7.08. The molecule has 2 saturated heterocycles. The van der Waals surface area contributed by atoms with Gasteiger partial charge in [-0.3, -0.25) is 14.5 Å². The van der Waals surface area contributed by atoms with Gasteiger partial charge in [0, 0.05) is 38.4 Å². The number of rotatable bonds is 3. The first-order valence-electron chi connectivity index (χ1n) is 8.99. The van der Waals surface area contributed by atoms with Gasteiger partial charge in [0.05, 0.1) is 12.7 Å². The Labute approximate surface area is 152 Å². The molecule has 0 spiro atoms. The average Bonchev–Trinajstić information content (AvgIpc) is 3.06. The second-order valence-corrected chi connectivity index (χ2v) is 7.08. The molecule has 2 fully saturated rings. The maximum atomic E-state index is 12.5. The predicted molar refractivity (Wildman–Crippen MR) is 98.1 cm³/mol. The first-order valence-corrected chi connectivity index (χ1v) is 8.99. The van der Waals surface area contributed by atoms with Gasteiger partial charge in [0.1, 0.15) is 5.56 Å². The van der Waals surface area contributed by atoms with Crippen LogP contribution < -0.4 is 10.9 Å². The monoisotopic (exact) mass is 353 g/mol. The summed E-state index contributed by atoms with van der Waals surface area (Å²) in [5.41, 5.74) is 1.11. The zero-order valence-corrected chi connectivity index (χ0v) is 14.8. The largest absolute Gasteiger partial charge is 0.371 e. The van der Waals surface area contributed by atoms with E-state index in [-0.39, 0.29) is 29.2 Å². The fraction of sp³-hybridized carbons (Fsp3) is 0.400. The Morgan fingerprint density at radius 1 is 1.15 bits per heavy atom.